The molecule has 0 saturated carbocycles. The van der Waals surface area contributed by atoms with Crippen molar-refractivity contribution in [2.75, 3.05) is 6.54 Å². The van der Waals surface area contributed by atoms with Crippen molar-refractivity contribution in [3.05, 3.63) is 27.9 Å². The number of likely N-dealkylation sites (tertiary alicyclic amines) is 1. The topological polar surface area (TPSA) is 77.4 Å². The standard InChI is InChI=1S/C23H25BrN4O3S2/c1-12-10-13(8-9-28(12)22(29)31-23(2,3)4)30-21-27-20-19(33-21)26-18(32-20)17-15-7-5-6-14(15)16(24)11-25-17/h5-6,11-13H,7-10H2,1-4H3/t12-,13+/m0/s1. The van der Waals surface area contributed by atoms with E-state index in [2.05, 4.69) is 38.0 Å². The van der Waals surface area contributed by atoms with Crippen LogP contribution in [0.25, 0.3) is 26.4 Å². The lowest BCUT2D eigenvalue weighted by Crippen LogP contribution is -2.49. The van der Waals surface area contributed by atoms with E-state index in [-0.39, 0.29) is 18.2 Å². The van der Waals surface area contributed by atoms with E-state index in [4.69, 9.17) is 14.5 Å². The zero-order valence-corrected chi connectivity index (χ0v) is 22.1. The SMILES string of the molecule is C[C@H]1C[C@H](Oc2nc3sc(-c4ncc(Br)c5c4CC=C5)nc3s2)CCN1C(=O)OC(C)(C)C. The summed E-state index contributed by atoms with van der Waals surface area (Å²) in [6, 6.07) is 0.0450. The number of thiazole rings is 2. The molecule has 0 aromatic carbocycles. The fourth-order valence-electron chi connectivity index (χ4n) is 4.15. The molecular formula is C23H25BrN4O3S2. The van der Waals surface area contributed by atoms with Gasteiger partial charge in [0.05, 0.1) is 0 Å². The number of piperidine rings is 1. The molecule has 3 aromatic heterocycles. The Morgan fingerprint density at radius 1 is 1.24 bits per heavy atom. The third-order valence-electron chi connectivity index (χ3n) is 5.66. The summed E-state index contributed by atoms with van der Waals surface area (Å²) in [6.07, 6.45) is 8.22. The summed E-state index contributed by atoms with van der Waals surface area (Å²) in [4.78, 5) is 30.1. The van der Waals surface area contributed by atoms with Gasteiger partial charge in [-0.15, -0.1) is 0 Å². The molecule has 0 N–H and O–H groups in total. The molecule has 1 aliphatic carbocycles. The molecule has 174 valence electrons. The molecule has 7 nitrogen and oxygen atoms in total. The van der Waals surface area contributed by atoms with Gasteiger partial charge in [-0.2, -0.15) is 4.98 Å². The Bertz CT molecular complexity index is 1220. The highest BCUT2D eigenvalue weighted by Crippen LogP contribution is 2.40. The van der Waals surface area contributed by atoms with Crippen LogP contribution >= 0.6 is 38.6 Å². The van der Waals surface area contributed by atoms with Crippen LogP contribution in [0.1, 0.15) is 51.7 Å². The van der Waals surface area contributed by atoms with Gasteiger partial charge in [-0.05, 0) is 61.2 Å². The molecule has 10 heteroatoms. The van der Waals surface area contributed by atoms with E-state index in [0.29, 0.717) is 11.7 Å². The number of carbonyl (C=O) groups excluding carboxylic acids is 1. The van der Waals surface area contributed by atoms with Crippen molar-refractivity contribution in [3.63, 3.8) is 0 Å². The molecule has 1 amide bonds. The van der Waals surface area contributed by atoms with Crippen LogP contribution in [0.2, 0.25) is 0 Å². The molecule has 0 unspecified atom stereocenters. The Balaban J connectivity index is 1.26. The molecule has 1 fully saturated rings. The van der Waals surface area contributed by atoms with Crippen LogP contribution in [0.15, 0.2) is 16.7 Å². The first-order valence-electron chi connectivity index (χ1n) is 11.0. The Morgan fingerprint density at radius 3 is 2.76 bits per heavy atom. The molecule has 1 aliphatic heterocycles. The molecule has 2 aliphatic rings. The van der Waals surface area contributed by atoms with Crippen LogP contribution in [0.3, 0.4) is 0 Å². The van der Waals surface area contributed by atoms with Crippen LogP contribution < -0.4 is 4.74 Å². The molecule has 33 heavy (non-hydrogen) atoms. The minimum absolute atomic E-state index is 0.0147. The molecule has 0 bridgehead atoms. The van der Waals surface area contributed by atoms with Crippen molar-refractivity contribution in [1.82, 2.24) is 19.9 Å². The fourth-order valence-corrected chi connectivity index (χ4v) is 6.60. The van der Waals surface area contributed by atoms with Crippen LogP contribution in [0.5, 0.6) is 5.19 Å². The van der Waals surface area contributed by atoms with E-state index in [1.54, 1.807) is 16.2 Å². The number of hydrogen-bond acceptors (Lipinski definition) is 8. The van der Waals surface area contributed by atoms with Crippen LogP contribution in [-0.2, 0) is 11.2 Å². The summed E-state index contributed by atoms with van der Waals surface area (Å²) < 4.78 is 12.7. The van der Waals surface area contributed by atoms with E-state index in [1.165, 1.54) is 22.5 Å². The van der Waals surface area contributed by atoms with Crippen molar-refractivity contribution < 1.29 is 14.3 Å². The first-order valence-corrected chi connectivity index (χ1v) is 13.4. The smallest absolute Gasteiger partial charge is 0.410 e. The predicted octanol–water partition coefficient (Wildman–Crippen LogP) is 6.31. The number of ether oxygens (including phenoxy) is 2. The van der Waals surface area contributed by atoms with Crippen LogP contribution in [0.4, 0.5) is 4.79 Å². The van der Waals surface area contributed by atoms with Crippen molar-refractivity contribution >= 4 is 60.4 Å². The maximum absolute atomic E-state index is 12.4. The summed E-state index contributed by atoms with van der Waals surface area (Å²) in [6.45, 7) is 8.30. The van der Waals surface area contributed by atoms with E-state index in [1.807, 2.05) is 33.9 Å². The average Bonchev–Trinajstić information content (AvgIpc) is 3.42. The summed E-state index contributed by atoms with van der Waals surface area (Å²) in [5, 5.41) is 1.52. The molecule has 2 atom stereocenters. The van der Waals surface area contributed by atoms with Gasteiger partial charge in [0.25, 0.3) is 5.19 Å². The molecule has 5 rings (SSSR count). The first kappa shape index (κ1) is 22.7. The lowest BCUT2D eigenvalue weighted by atomic mass is 10.0. The zero-order chi connectivity index (χ0) is 23.3. The number of aromatic nitrogens is 3. The minimum atomic E-state index is -0.495. The number of allylic oxidation sites excluding steroid dienone is 1. The van der Waals surface area contributed by atoms with Crippen LogP contribution in [-0.4, -0.2) is 50.2 Å². The summed E-state index contributed by atoms with van der Waals surface area (Å²) in [5.41, 5.74) is 2.82. The van der Waals surface area contributed by atoms with Gasteiger partial charge in [0.2, 0.25) is 0 Å². The van der Waals surface area contributed by atoms with Crippen molar-refractivity contribution in [1.29, 1.82) is 0 Å². The minimum Gasteiger partial charge on any atom is -0.466 e. The van der Waals surface area contributed by atoms with E-state index in [9.17, 15) is 4.79 Å². The van der Waals surface area contributed by atoms with Gasteiger partial charge < -0.3 is 14.4 Å². The van der Waals surface area contributed by atoms with Gasteiger partial charge in [-0.3, -0.25) is 4.98 Å². The van der Waals surface area contributed by atoms with Crippen molar-refractivity contribution in [2.45, 2.75) is 64.7 Å². The molecule has 1 saturated heterocycles. The van der Waals surface area contributed by atoms with E-state index >= 15 is 0 Å². The van der Waals surface area contributed by atoms with Crippen molar-refractivity contribution in [3.8, 4) is 15.9 Å². The number of pyridine rings is 1. The second-order valence-corrected chi connectivity index (χ2v) is 12.1. The fraction of sp³-hybridized carbons (Fsp3) is 0.478. The number of hydrogen-bond donors (Lipinski definition) is 0. The quantitative estimate of drug-likeness (QED) is 0.381. The Hall–Kier alpha value is -2.04. The zero-order valence-electron chi connectivity index (χ0n) is 18.9. The van der Waals surface area contributed by atoms with Gasteiger partial charge in [-0.25, -0.2) is 9.78 Å². The van der Waals surface area contributed by atoms with E-state index < -0.39 is 5.60 Å². The third kappa shape index (κ3) is 4.65. The molecule has 3 aromatic rings. The van der Waals surface area contributed by atoms with Gasteiger partial charge in [-0.1, -0.05) is 34.8 Å². The number of amides is 1. The molecule has 0 spiro atoms. The number of carbonyl (C=O) groups is 1. The van der Waals surface area contributed by atoms with E-state index in [0.717, 1.165) is 44.1 Å². The van der Waals surface area contributed by atoms with Gasteiger partial charge in [0.1, 0.15) is 22.4 Å². The third-order valence-corrected chi connectivity index (χ3v) is 8.22. The van der Waals surface area contributed by atoms with Gasteiger partial charge in [0.15, 0.2) is 9.66 Å². The maximum atomic E-state index is 12.4. The summed E-state index contributed by atoms with van der Waals surface area (Å²) >= 11 is 6.60. The Kier molecular flexibility index (Phi) is 5.95. The summed E-state index contributed by atoms with van der Waals surface area (Å²) in [7, 11) is 0. The molecule has 0 radical (unpaired) electrons. The number of fused-ring (bicyclic) bond motifs is 2. The molecule has 4 heterocycles. The average molecular weight is 550 g/mol. The predicted molar refractivity (Wildman–Crippen MR) is 135 cm³/mol. The second kappa shape index (κ2) is 8.63. The van der Waals surface area contributed by atoms with Gasteiger partial charge >= 0.3 is 6.09 Å². The number of nitrogens with zero attached hydrogens (tertiary/aromatic N) is 4. The monoisotopic (exact) mass is 548 g/mol. The normalized spacial score (nSPS) is 20.3. The largest absolute Gasteiger partial charge is 0.466 e. The Morgan fingerprint density at radius 2 is 2.03 bits per heavy atom. The highest BCUT2D eigenvalue weighted by Gasteiger charge is 2.33. The first-order chi connectivity index (χ1) is 15.7. The highest BCUT2D eigenvalue weighted by atomic mass is 79.9. The summed E-state index contributed by atoms with van der Waals surface area (Å²) in [5.74, 6) is 0. The molecular weight excluding hydrogens is 524 g/mol. The van der Waals surface area contributed by atoms with Crippen molar-refractivity contribution in [2.24, 2.45) is 0 Å². The highest BCUT2D eigenvalue weighted by molar-refractivity contribution is 9.10. The lowest BCUT2D eigenvalue weighted by Gasteiger charge is -2.37. The number of halogens is 1. The second-order valence-electron chi connectivity index (χ2n) is 9.35. The Labute approximate surface area is 209 Å². The maximum Gasteiger partial charge on any atom is 0.410 e. The van der Waals surface area contributed by atoms with Gasteiger partial charge in [0, 0.05) is 36.1 Å². The van der Waals surface area contributed by atoms with Crippen LogP contribution in [0, 0.1) is 0 Å². The lowest BCUT2D eigenvalue weighted by molar-refractivity contribution is -0.00102. The number of rotatable bonds is 3.